The number of anilines is 1. The van der Waals surface area contributed by atoms with Crippen molar-refractivity contribution >= 4 is 11.8 Å². The number of hydrogen-bond donors (Lipinski definition) is 1. The first-order valence-electron chi connectivity index (χ1n) is 5.75. The van der Waals surface area contributed by atoms with E-state index in [2.05, 4.69) is 4.98 Å². The Balaban J connectivity index is 2.19. The fraction of sp³-hybridized carbons (Fsp3) is 0.500. The number of methoxy groups -OCH3 is 1. The van der Waals surface area contributed by atoms with Gasteiger partial charge in [-0.15, -0.1) is 0 Å². The SMILES string of the molecule is COCC1CCN(c2nccc(C(=O)O)c2F)C1. The normalized spacial score (nSPS) is 19.2. The number of carbonyl (C=O) groups is 1. The highest BCUT2D eigenvalue weighted by Gasteiger charge is 2.27. The van der Waals surface area contributed by atoms with Gasteiger partial charge >= 0.3 is 5.97 Å². The molecule has 0 aromatic carbocycles. The van der Waals surface area contributed by atoms with Crippen molar-refractivity contribution in [3.05, 3.63) is 23.6 Å². The number of carboxylic acids is 1. The summed E-state index contributed by atoms with van der Waals surface area (Å²) < 4.78 is 19.0. The molecule has 1 unspecified atom stereocenters. The largest absolute Gasteiger partial charge is 0.478 e. The van der Waals surface area contributed by atoms with Crippen LogP contribution in [-0.4, -0.2) is 42.9 Å². The second-order valence-corrected chi connectivity index (χ2v) is 4.36. The van der Waals surface area contributed by atoms with E-state index in [0.717, 1.165) is 6.42 Å². The Bertz CT molecular complexity index is 453. The summed E-state index contributed by atoms with van der Waals surface area (Å²) in [5, 5.41) is 8.86. The molecule has 1 saturated heterocycles. The molecule has 1 aliphatic rings. The van der Waals surface area contributed by atoms with E-state index < -0.39 is 11.8 Å². The van der Waals surface area contributed by atoms with E-state index >= 15 is 0 Å². The molecule has 0 bridgehead atoms. The quantitative estimate of drug-likeness (QED) is 0.879. The van der Waals surface area contributed by atoms with Crippen LogP contribution < -0.4 is 4.90 Å². The number of halogens is 1. The Morgan fingerprint density at radius 2 is 2.50 bits per heavy atom. The number of rotatable bonds is 4. The average Bonchev–Trinajstić information content (AvgIpc) is 2.78. The van der Waals surface area contributed by atoms with Gasteiger partial charge in [-0.1, -0.05) is 0 Å². The van der Waals surface area contributed by atoms with Crippen LogP contribution in [0, 0.1) is 11.7 Å². The van der Waals surface area contributed by atoms with Gasteiger partial charge in [-0.25, -0.2) is 14.2 Å². The smallest absolute Gasteiger partial charge is 0.338 e. The van der Waals surface area contributed by atoms with E-state index in [1.165, 1.54) is 12.3 Å². The van der Waals surface area contributed by atoms with Crippen molar-refractivity contribution in [3.63, 3.8) is 0 Å². The molecule has 1 atom stereocenters. The summed E-state index contributed by atoms with van der Waals surface area (Å²) in [6.45, 7) is 1.93. The zero-order valence-electron chi connectivity index (χ0n) is 10.1. The highest BCUT2D eigenvalue weighted by molar-refractivity contribution is 5.88. The molecule has 6 heteroatoms. The van der Waals surface area contributed by atoms with Crippen LogP contribution in [0.4, 0.5) is 10.2 Å². The molecule has 1 fully saturated rings. The molecule has 0 amide bonds. The van der Waals surface area contributed by atoms with Gasteiger partial charge in [0.25, 0.3) is 0 Å². The maximum Gasteiger partial charge on any atom is 0.338 e. The lowest BCUT2D eigenvalue weighted by molar-refractivity contribution is 0.0691. The second kappa shape index (κ2) is 5.30. The third-order valence-electron chi connectivity index (χ3n) is 3.09. The van der Waals surface area contributed by atoms with E-state index in [1.54, 1.807) is 12.0 Å². The molecule has 0 radical (unpaired) electrons. The monoisotopic (exact) mass is 254 g/mol. The number of ether oxygens (including phenoxy) is 1. The number of nitrogens with zero attached hydrogens (tertiary/aromatic N) is 2. The molecule has 2 heterocycles. The first-order valence-corrected chi connectivity index (χ1v) is 5.75. The molecule has 1 aliphatic heterocycles. The summed E-state index contributed by atoms with van der Waals surface area (Å²) in [6, 6.07) is 1.17. The van der Waals surface area contributed by atoms with Gasteiger partial charge in [0.05, 0.1) is 6.61 Å². The molecule has 1 aromatic heterocycles. The van der Waals surface area contributed by atoms with Gasteiger partial charge in [-0.2, -0.15) is 0 Å². The molecule has 98 valence electrons. The molecule has 18 heavy (non-hydrogen) atoms. The third kappa shape index (κ3) is 2.43. The van der Waals surface area contributed by atoms with E-state index in [1.807, 2.05) is 0 Å². The van der Waals surface area contributed by atoms with Crippen LogP contribution in [0.3, 0.4) is 0 Å². The van der Waals surface area contributed by atoms with Crippen molar-refractivity contribution < 1.29 is 19.0 Å². The predicted molar refractivity (Wildman–Crippen MR) is 63.4 cm³/mol. The van der Waals surface area contributed by atoms with Crippen LogP contribution >= 0.6 is 0 Å². The van der Waals surface area contributed by atoms with Crippen LogP contribution in [0.25, 0.3) is 0 Å². The summed E-state index contributed by atoms with van der Waals surface area (Å²) in [6.07, 6.45) is 2.22. The lowest BCUT2D eigenvalue weighted by Gasteiger charge is -2.18. The van der Waals surface area contributed by atoms with Crippen molar-refractivity contribution in [1.29, 1.82) is 0 Å². The zero-order chi connectivity index (χ0) is 13.1. The topological polar surface area (TPSA) is 62.7 Å². The fourth-order valence-electron chi connectivity index (χ4n) is 2.22. The summed E-state index contributed by atoms with van der Waals surface area (Å²) in [5.41, 5.74) is -0.338. The van der Waals surface area contributed by atoms with Crippen LogP contribution in [-0.2, 0) is 4.74 Å². The highest BCUT2D eigenvalue weighted by Crippen LogP contribution is 2.26. The molecule has 1 N–H and O–H groups in total. The van der Waals surface area contributed by atoms with E-state index in [0.29, 0.717) is 25.6 Å². The van der Waals surface area contributed by atoms with Crippen LogP contribution in [0.2, 0.25) is 0 Å². The minimum absolute atomic E-state index is 0.119. The van der Waals surface area contributed by atoms with Gasteiger partial charge in [0, 0.05) is 32.3 Å². The van der Waals surface area contributed by atoms with Gasteiger partial charge in [0.1, 0.15) is 5.56 Å². The highest BCUT2D eigenvalue weighted by atomic mass is 19.1. The van der Waals surface area contributed by atoms with Gasteiger partial charge in [-0.3, -0.25) is 0 Å². The minimum atomic E-state index is -1.27. The van der Waals surface area contributed by atoms with Crippen molar-refractivity contribution in [2.45, 2.75) is 6.42 Å². The number of hydrogen-bond acceptors (Lipinski definition) is 4. The third-order valence-corrected chi connectivity index (χ3v) is 3.09. The summed E-state index contributed by atoms with van der Waals surface area (Å²) in [5.74, 6) is -1.58. The number of pyridine rings is 1. The molecule has 2 rings (SSSR count). The van der Waals surface area contributed by atoms with Gasteiger partial charge in [0.15, 0.2) is 11.6 Å². The number of aromatic nitrogens is 1. The van der Waals surface area contributed by atoms with Gasteiger partial charge in [0.2, 0.25) is 0 Å². The summed E-state index contributed by atoms with van der Waals surface area (Å²) in [7, 11) is 1.63. The Morgan fingerprint density at radius 1 is 1.72 bits per heavy atom. The van der Waals surface area contributed by atoms with Gasteiger partial charge < -0.3 is 14.7 Å². The van der Waals surface area contributed by atoms with Crippen molar-refractivity contribution in [2.75, 3.05) is 31.7 Å². The van der Waals surface area contributed by atoms with Crippen LogP contribution in [0.5, 0.6) is 0 Å². The predicted octanol–water partition coefficient (Wildman–Crippen LogP) is 1.39. The van der Waals surface area contributed by atoms with Crippen LogP contribution in [0.15, 0.2) is 12.3 Å². The van der Waals surface area contributed by atoms with E-state index in [9.17, 15) is 9.18 Å². The molecular weight excluding hydrogens is 239 g/mol. The summed E-state index contributed by atoms with van der Waals surface area (Å²) >= 11 is 0. The lowest BCUT2D eigenvalue weighted by atomic mass is 10.1. The Labute approximate surface area is 104 Å². The molecule has 0 aliphatic carbocycles. The maximum atomic E-state index is 14.0. The molecule has 5 nitrogen and oxygen atoms in total. The molecule has 0 spiro atoms. The minimum Gasteiger partial charge on any atom is -0.478 e. The first kappa shape index (κ1) is 12.8. The molecule has 1 aromatic rings. The molecule has 0 saturated carbocycles. The molecular formula is C12H15FN2O3. The fourth-order valence-corrected chi connectivity index (χ4v) is 2.22. The van der Waals surface area contributed by atoms with Crippen molar-refractivity contribution in [3.8, 4) is 0 Å². The van der Waals surface area contributed by atoms with Crippen molar-refractivity contribution in [2.24, 2.45) is 5.92 Å². The standard InChI is InChI=1S/C12H15FN2O3/c1-18-7-8-3-5-15(6-8)11-10(13)9(12(16)17)2-4-14-11/h2,4,8H,3,5-7H2,1H3,(H,16,17). The zero-order valence-corrected chi connectivity index (χ0v) is 10.1. The lowest BCUT2D eigenvalue weighted by Crippen LogP contribution is -2.24. The first-order chi connectivity index (χ1) is 8.63. The van der Waals surface area contributed by atoms with Crippen LogP contribution in [0.1, 0.15) is 16.8 Å². The van der Waals surface area contributed by atoms with Gasteiger partial charge in [-0.05, 0) is 12.5 Å². The Morgan fingerprint density at radius 3 is 3.17 bits per heavy atom. The van der Waals surface area contributed by atoms with Crippen molar-refractivity contribution in [1.82, 2.24) is 4.98 Å². The average molecular weight is 254 g/mol. The maximum absolute atomic E-state index is 14.0. The Kier molecular flexibility index (Phi) is 3.76. The van der Waals surface area contributed by atoms with E-state index in [4.69, 9.17) is 9.84 Å². The van der Waals surface area contributed by atoms with E-state index in [-0.39, 0.29) is 11.4 Å². The summed E-state index contributed by atoms with van der Waals surface area (Å²) in [4.78, 5) is 16.6. The number of carboxylic acid groups (broad SMARTS) is 1. The number of aromatic carboxylic acids is 1. The second-order valence-electron chi connectivity index (χ2n) is 4.36. The Hall–Kier alpha value is -1.69.